The third kappa shape index (κ3) is 28.3. The molecule has 8 atom stereocenters. The number of ether oxygens (including phenoxy) is 2. The lowest BCUT2D eigenvalue weighted by molar-refractivity contribution is -0.161. The maximum atomic E-state index is 12.7. The third-order valence-electron chi connectivity index (χ3n) is 9.82. The summed E-state index contributed by atoms with van der Waals surface area (Å²) < 4.78 is 32.6. The van der Waals surface area contributed by atoms with Crippen molar-refractivity contribution in [3.63, 3.8) is 0 Å². The second-order valence-electron chi connectivity index (χ2n) is 15.1. The van der Waals surface area contributed by atoms with E-state index in [9.17, 15) is 39.2 Å². The molecule has 0 heterocycles. The van der Waals surface area contributed by atoms with E-state index < -0.39 is 76.0 Å². The minimum absolute atomic E-state index is 0.0225. The lowest BCUT2D eigenvalue weighted by Gasteiger charge is -2.20. The van der Waals surface area contributed by atoms with Crippen molar-refractivity contribution >= 4 is 25.7 Å². The first-order chi connectivity index (χ1) is 28.3. The number of rotatable bonds is 35. The van der Waals surface area contributed by atoms with Crippen LogP contribution in [0.15, 0.2) is 60.8 Å². The van der Waals surface area contributed by atoms with Gasteiger partial charge >= 0.3 is 25.7 Å². The molecule has 15 heteroatoms. The van der Waals surface area contributed by atoms with Crippen molar-refractivity contribution in [3.8, 4) is 0 Å². The number of aliphatic carboxylic acids is 1. The highest BCUT2D eigenvalue weighted by Crippen LogP contribution is 2.43. The van der Waals surface area contributed by atoms with E-state index in [2.05, 4.69) is 54.8 Å². The summed E-state index contributed by atoms with van der Waals surface area (Å²) in [6.07, 6.45) is 31.0. The van der Waals surface area contributed by atoms with Crippen molar-refractivity contribution in [3.05, 3.63) is 60.8 Å². The molecule has 0 bridgehead atoms. The monoisotopic (exact) mass is 855 g/mol. The van der Waals surface area contributed by atoms with Crippen LogP contribution in [0.3, 0.4) is 0 Å². The number of hydrogen-bond donors (Lipinski definition) is 6. The first-order valence-electron chi connectivity index (χ1n) is 21.6. The summed E-state index contributed by atoms with van der Waals surface area (Å²) >= 11 is 0. The second kappa shape index (κ2) is 33.7. The standard InChI is InChI=1S/C44H74NO13P/c1-3-5-7-8-9-10-11-12-13-14-15-16-17-18-23-27-42(49)55-32-36(33-56-59(53,54)57-34-39(45)44(51)52)58-43(50)28-24-20-19-22-26-37-38(41(48)31-40(37)47)30-29-35(46)25-21-6-4-2/h5,7,9-10,12-13,19,22,29-30,35-41,46-48H,3-4,6,8,11,14-18,20-21,23-28,31-34,45H2,1-2H3,(H,51,52)(H,53,54)/b7-5-,10-9-,13-12-,22-19+,30-29+/t35-,36+,37+,38+,39-,40-,41+/m0/s1. The smallest absolute Gasteiger partial charge is 0.472 e. The zero-order valence-electron chi connectivity index (χ0n) is 35.4. The number of phosphoric acid groups is 1. The van der Waals surface area contributed by atoms with Crippen molar-refractivity contribution in [1.29, 1.82) is 0 Å². The predicted octanol–water partition coefficient (Wildman–Crippen LogP) is 7.55. The third-order valence-corrected chi connectivity index (χ3v) is 10.8. The molecule has 1 rings (SSSR count). The molecular weight excluding hydrogens is 781 g/mol. The highest BCUT2D eigenvalue weighted by molar-refractivity contribution is 7.47. The van der Waals surface area contributed by atoms with Gasteiger partial charge in [0.05, 0.1) is 31.5 Å². The number of carbonyl (C=O) groups excluding carboxylic acids is 2. The number of esters is 2. The van der Waals surface area contributed by atoms with Crippen LogP contribution >= 0.6 is 7.82 Å². The highest BCUT2D eigenvalue weighted by atomic mass is 31.2. The number of aliphatic hydroxyl groups excluding tert-OH is 3. The van der Waals surface area contributed by atoms with Gasteiger partial charge in [-0.3, -0.25) is 23.4 Å². The highest BCUT2D eigenvalue weighted by Gasteiger charge is 2.39. The van der Waals surface area contributed by atoms with Gasteiger partial charge in [0.2, 0.25) is 0 Å². The molecule has 0 aliphatic heterocycles. The molecular formula is C44H74NO13P. The number of carboxylic acids is 1. The number of nitrogens with two attached hydrogens (primary N) is 1. The summed E-state index contributed by atoms with van der Waals surface area (Å²) in [5.41, 5.74) is 5.32. The Kier molecular flexibility index (Phi) is 30.9. The number of aliphatic hydroxyl groups is 3. The van der Waals surface area contributed by atoms with Gasteiger partial charge in [0, 0.05) is 25.2 Å². The van der Waals surface area contributed by atoms with Gasteiger partial charge in [0.1, 0.15) is 12.6 Å². The van der Waals surface area contributed by atoms with E-state index in [1.165, 1.54) is 0 Å². The summed E-state index contributed by atoms with van der Waals surface area (Å²) in [6.45, 7) is 2.31. The van der Waals surface area contributed by atoms with Gasteiger partial charge in [-0.25, -0.2) is 4.57 Å². The zero-order chi connectivity index (χ0) is 43.7. The Morgan fingerprint density at radius 3 is 2.10 bits per heavy atom. The van der Waals surface area contributed by atoms with E-state index in [4.69, 9.17) is 24.8 Å². The zero-order valence-corrected chi connectivity index (χ0v) is 36.3. The predicted molar refractivity (Wildman–Crippen MR) is 228 cm³/mol. The quantitative estimate of drug-likeness (QED) is 0.0156. The molecule has 7 N–H and O–H groups in total. The number of carboxylic acid groups (broad SMARTS) is 1. The van der Waals surface area contributed by atoms with Crippen molar-refractivity contribution in [2.45, 2.75) is 166 Å². The molecule has 14 nitrogen and oxygen atoms in total. The Labute approximate surface area is 352 Å². The van der Waals surface area contributed by atoms with Crippen molar-refractivity contribution in [1.82, 2.24) is 0 Å². The Bertz CT molecular complexity index is 1350. The van der Waals surface area contributed by atoms with Crippen LogP contribution in [0.25, 0.3) is 0 Å². The fraction of sp³-hybridized carbons (Fsp3) is 0.705. The van der Waals surface area contributed by atoms with Gasteiger partial charge in [0.15, 0.2) is 6.10 Å². The van der Waals surface area contributed by atoms with Gasteiger partial charge in [-0.2, -0.15) is 0 Å². The molecule has 0 radical (unpaired) electrons. The van der Waals surface area contributed by atoms with Gasteiger partial charge in [-0.1, -0.05) is 113 Å². The average Bonchev–Trinajstić information content (AvgIpc) is 3.47. The van der Waals surface area contributed by atoms with Gasteiger partial charge in [-0.05, 0) is 70.1 Å². The molecule has 0 amide bonds. The summed E-state index contributed by atoms with van der Waals surface area (Å²) in [7, 11) is -4.79. The van der Waals surface area contributed by atoms with Crippen LogP contribution in [0.2, 0.25) is 0 Å². The van der Waals surface area contributed by atoms with E-state index in [0.717, 1.165) is 70.6 Å². The number of allylic oxidation sites excluding steroid dienone is 8. The number of carbonyl (C=O) groups is 3. The molecule has 0 aromatic heterocycles. The molecule has 1 unspecified atom stereocenters. The van der Waals surface area contributed by atoms with Gasteiger partial charge < -0.3 is 40.5 Å². The Hall–Kier alpha value is -2.94. The lowest BCUT2D eigenvalue weighted by atomic mass is 9.89. The minimum Gasteiger partial charge on any atom is -0.480 e. The fourth-order valence-electron chi connectivity index (χ4n) is 6.37. The molecule has 1 aliphatic carbocycles. The van der Waals surface area contributed by atoms with Crippen LogP contribution in [0.1, 0.15) is 136 Å². The van der Waals surface area contributed by atoms with E-state index in [1.54, 1.807) is 6.08 Å². The van der Waals surface area contributed by atoms with Crippen molar-refractivity contribution < 1.29 is 62.8 Å². The van der Waals surface area contributed by atoms with Crippen LogP contribution in [0.4, 0.5) is 0 Å². The van der Waals surface area contributed by atoms with Crippen LogP contribution in [-0.2, 0) is 37.5 Å². The van der Waals surface area contributed by atoms with E-state index in [-0.39, 0.29) is 31.1 Å². The van der Waals surface area contributed by atoms with E-state index >= 15 is 0 Å². The Balaban J connectivity index is 2.54. The SMILES string of the molecule is CC/C=C\C/C=C\C/C=C\CCCCCCCC(=O)OC[C@H](COP(=O)(O)OC[C@H](N)C(=O)O)OC(=O)CCC/C=C/C[C@@H]1[C@@H](/C=C/[C@@H](O)CCCCC)[C@H](O)C[C@@H]1O. The first kappa shape index (κ1) is 54.1. The Morgan fingerprint density at radius 2 is 1.39 bits per heavy atom. The number of phosphoric ester groups is 1. The normalized spacial score (nSPS) is 21.2. The van der Waals surface area contributed by atoms with Crippen LogP contribution in [0.5, 0.6) is 0 Å². The lowest BCUT2D eigenvalue weighted by Crippen LogP contribution is -2.34. The fourth-order valence-corrected chi connectivity index (χ4v) is 7.14. The minimum atomic E-state index is -4.79. The topological polar surface area (TPSA) is 232 Å². The molecule has 0 spiro atoms. The second-order valence-corrected chi connectivity index (χ2v) is 16.5. The molecule has 0 saturated heterocycles. The first-order valence-corrected chi connectivity index (χ1v) is 23.1. The van der Waals surface area contributed by atoms with Gasteiger partial charge in [0.25, 0.3) is 0 Å². The maximum absolute atomic E-state index is 12.7. The summed E-state index contributed by atoms with van der Waals surface area (Å²) in [5, 5.41) is 40.2. The molecule has 59 heavy (non-hydrogen) atoms. The summed E-state index contributed by atoms with van der Waals surface area (Å²) in [5.74, 6) is -3.12. The van der Waals surface area contributed by atoms with Crippen LogP contribution in [0, 0.1) is 11.8 Å². The molecule has 0 aromatic rings. The van der Waals surface area contributed by atoms with Crippen molar-refractivity contribution in [2.75, 3.05) is 19.8 Å². The number of hydrogen-bond acceptors (Lipinski definition) is 12. The average molecular weight is 856 g/mol. The molecule has 1 aliphatic rings. The van der Waals surface area contributed by atoms with Gasteiger partial charge in [-0.15, -0.1) is 0 Å². The largest absolute Gasteiger partial charge is 0.480 e. The number of unbranched alkanes of at least 4 members (excludes halogenated alkanes) is 8. The molecule has 1 fully saturated rings. The van der Waals surface area contributed by atoms with E-state index in [0.29, 0.717) is 32.1 Å². The molecule has 1 saturated carbocycles. The Morgan fingerprint density at radius 1 is 0.763 bits per heavy atom. The summed E-state index contributed by atoms with van der Waals surface area (Å²) in [6, 6.07) is -1.57. The molecule has 338 valence electrons. The maximum Gasteiger partial charge on any atom is 0.472 e. The molecule has 0 aromatic carbocycles. The van der Waals surface area contributed by atoms with Crippen LogP contribution < -0.4 is 5.73 Å². The summed E-state index contributed by atoms with van der Waals surface area (Å²) in [4.78, 5) is 46.1. The van der Waals surface area contributed by atoms with E-state index in [1.807, 2.05) is 18.2 Å². The van der Waals surface area contributed by atoms with Crippen LogP contribution in [-0.4, -0.2) is 93.5 Å². The van der Waals surface area contributed by atoms with Crippen molar-refractivity contribution in [2.24, 2.45) is 17.6 Å².